The molecular formula is C18H24O2. The lowest BCUT2D eigenvalue weighted by atomic mass is 9.72. The van der Waals surface area contributed by atoms with Gasteiger partial charge in [-0.1, -0.05) is 17.7 Å². The normalized spacial score (nSPS) is 31.3. The van der Waals surface area contributed by atoms with Gasteiger partial charge in [-0.25, -0.2) is 0 Å². The average molecular weight is 272 g/mol. The summed E-state index contributed by atoms with van der Waals surface area (Å²) in [6.07, 6.45) is 8.86. The summed E-state index contributed by atoms with van der Waals surface area (Å²) in [5, 5.41) is 9.72. The first kappa shape index (κ1) is 13.5. The van der Waals surface area contributed by atoms with E-state index < -0.39 is 0 Å². The first-order chi connectivity index (χ1) is 9.72. The van der Waals surface area contributed by atoms with Crippen molar-refractivity contribution in [3.8, 4) is 11.5 Å². The van der Waals surface area contributed by atoms with Crippen molar-refractivity contribution in [1.29, 1.82) is 0 Å². The van der Waals surface area contributed by atoms with E-state index in [2.05, 4.69) is 19.1 Å². The molecule has 1 aromatic carbocycles. The fourth-order valence-electron chi connectivity index (χ4n) is 4.22. The van der Waals surface area contributed by atoms with Gasteiger partial charge in [-0.15, -0.1) is 0 Å². The van der Waals surface area contributed by atoms with Gasteiger partial charge in [-0.05, 0) is 74.5 Å². The highest BCUT2D eigenvalue weighted by atomic mass is 16.5. The quantitative estimate of drug-likeness (QED) is 0.795. The van der Waals surface area contributed by atoms with Crippen LogP contribution in [-0.4, -0.2) is 12.2 Å². The van der Waals surface area contributed by atoms with Crippen molar-refractivity contribution in [2.24, 2.45) is 11.8 Å². The molecule has 2 saturated carbocycles. The fourth-order valence-corrected chi connectivity index (χ4v) is 4.22. The molecule has 20 heavy (non-hydrogen) atoms. The maximum Gasteiger partial charge on any atom is 0.160 e. The summed E-state index contributed by atoms with van der Waals surface area (Å²) in [4.78, 5) is 0. The van der Waals surface area contributed by atoms with Crippen molar-refractivity contribution < 1.29 is 9.84 Å². The monoisotopic (exact) mass is 272 g/mol. The Morgan fingerprint density at radius 2 is 2.10 bits per heavy atom. The highest BCUT2D eigenvalue weighted by Crippen LogP contribution is 2.50. The molecular weight excluding hydrogens is 248 g/mol. The Balaban J connectivity index is 1.77. The van der Waals surface area contributed by atoms with Crippen LogP contribution < -0.4 is 4.74 Å². The van der Waals surface area contributed by atoms with Gasteiger partial charge in [0.2, 0.25) is 0 Å². The molecule has 3 rings (SSSR count). The van der Waals surface area contributed by atoms with Gasteiger partial charge in [0.1, 0.15) is 0 Å². The molecule has 0 radical (unpaired) electrons. The van der Waals surface area contributed by atoms with Crippen LogP contribution in [-0.2, 0) is 0 Å². The summed E-state index contributed by atoms with van der Waals surface area (Å²) in [5.41, 5.74) is 3.02. The molecule has 2 nitrogen and oxygen atoms in total. The second-order valence-electron chi connectivity index (χ2n) is 6.21. The second kappa shape index (κ2) is 5.51. The van der Waals surface area contributed by atoms with Crippen molar-refractivity contribution in [3.63, 3.8) is 0 Å². The number of phenolic OH excluding ortho intramolecular Hbond substituents is 1. The number of hydrogen-bond donors (Lipinski definition) is 1. The van der Waals surface area contributed by atoms with Gasteiger partial charge in [-0.2, -0.15) is 0 Å². The zero-order valence-corrected chi connectivity index (χ0v) is 12.4. The lowest BCUT2D eigenvalue weighted by Crippen LogP contribution is -2.20. The highest BCUT2D eigenvalue weighted by molar-refractivity contribution is 5.43. The molecule has 108 valence electrons. The number of allylic oxidation sites excluding steroid dienone is 2. The van der Waals surface area contributed by atoms with Crippen molar-refractivity contribution in [3.05, 3.63) is 35.4 Å². The SMILES string of the molecule is C/C=C1\CCC2CC(c3ccc(O)c(OC)c3)CCC12. The number of benzene rings is 1. The van der Waals surface area contributed by atoms with E-state index in [1.54, 1.807) is 18.7 Å². The molecule has 3 atom stereocenters. The molecule has 1 N–H and O–H groups in total. The number of aromatic hydroxyl groups is 1. The summed E-state index contributed by atoms with van der Waals surface area (Å²) in [6, 6.07) is 5.85. The molecule has 2 fully saturated rings. The van der Waals surface area contributed by atoms with Crippen molar-refractivity contribution in [1.82, 2.24) is 0 Å². The molecule has 2 aliphatic rings. The van der Waals surface area contributed by atoms with E-state index in [9.17, 15) is 5.11 Å². The van der Waals surface area contributed by atoms with Crippen molar-refractivity contribution in [2.45, 2.75) is 44.9 Å². The van der Waals surface area contributed by atoms with Crippen LogP contribution >= 0.6 is 0 Å². The smallest absolute Gasteiger partial charge is 0.160 e. The van der Waals surface area contributed by atoms with Crippen LogP contribution in [0.1, 0.15) is 50.5 Å². The zero-order valence-electron chi connectivity index (χ0n) is 12.4. The van der Waals surface area contributed by atoms with E-state index in [1.807, 2.05) is 6.07 Å². The van der Waals surface area contributed by atoms with Gasteiger partial charge in [-0.3, -0.25) is 0 Å². The van der Waals surface area contributed by atoms with Crippen molar-refractivity contribution in [2.75, 3.05) is 7.11 Å². The third-order valence-electron chi connectivity index (χ3n) is 5.31. The van der Waals surface area contributed by atoms with Crippen LogP contribution in [0, 0.1) is 11.8 Å². The molecule has 1 aromatic rings. The number of methoxy groups -OCH3 is 1. The standard InChI is InChI=1S/C18H24O2/c1-3-12-4-5-15-10-13(6-8-16(12)15)14-7-9-17(19)18(11-14)20-2/h3,7,9,11,13,15-16,19H,4-6,8,10H2,1-2H3/b12-3+. The predicted octanol–water partition coefficient (Wildman–Crippen LogP) is 4.64. The van der Waals surface area contributed by atoms with E-state index in [0.29, 0.717) is 11.7 Å². The van der Waals surface area contributed by atoms with Crippen LogP contribution in [0.4, 0.5) is 0 Å². The first-order valence-electron chi connectivity index (χ1n) is 7.75. The summed E-state index contributed by atoms with van der Waals surface area (Å²) < 4.78 is 5.24. The van der Waals surface area contributed by atoms with Crippen LogP contribution in [0.5, 0.6) is 11.5 Å². The minimum Gasteiger partial charge on any atom is -0.504 e. The van der Waals surface area contributed by atoms with Crippen molar-refractivity contribution >= 4 is 0 Å². The van der Waals surface area contributed by atoms with Crippen LogP contribution in [0.25, 0.3) is 0 Å². The molecule has 0 heterocycles. The Morgan fingerprint density at radius 1 is 1.25 bits per heavy atom. The van der Waals surface area contributed by atoms with Gasteiger partial charge in [0.05, 0.1) is 7.11 Å². The van der Waals surface area contributed by atoms with Crippen LogP contribution in [0.2, 0.25) is 0 Å². The fraction of sp³-hybridized carbons (Fsp3) is 0.556. The Morgan fingerprint density at radius 3 is 2.85 bits per heavy atom. The van der Waals surface area contributed by atoms with E-state index >= 15 is 0 Å². The van der Waals surface area contributed by atoms with Crippen LogP contribution in [0.15, 0.2) is 29.8 Å². The Labute approximate surface area is 121 Å². The number of ether oxygens (including phenoxy) is 1. The van der Waals surface area contributed by atoms with Gasteiger partial charge < -0.3 is 9.84 Å². The zero-order chi connectivity index (χ0) is 14.1. The number of phenols is 1. The summed E-state index contributed by atoms with van der Waals surface area (Å²) in [5.74, 6) is 3.17. The molecule has 3 unspecified atom stereocenters. The molecule has 0 aromatic heterocycles. The number of rotatable bonds is 2. The van der Waals surface area contributed by atoms with E-state index in [1.165, 1.54) is 37.7 Å². The lowest BCUT2D eigenvalue weighted by Gasteiger charge is -2.32. The van der Waals surface area contributed by atoms with Gasteiger partial charge in [0, 0.05) is 0 Å². The topological polar surface area (TPSA) is 29.5 Å². The van der Waals surface area contributed by atoms with E-state index in [-0.39, 0.29) is 5.75 Å². The molecule has 2 heteroatoms. The largest absolute Gasteiger partial charge is 0.504 e. The minimum atomic E-state index is 0.238. The Hall–Kier alpha value is -1.44. The number of hydrogen-bond acceptors (Lipinski definition) is 2. The predicted molar refractivity (Wildman–Crippen MR) is 81.2 cm³/mol. The summed E-state index contributed by atoms with van der Waals surface area (Å²) >= 11 is 0. The van der Waals surface area contributed by atoms with E-state index in [4.69, 9.17) is 4.74 Å². The molecule has 2 aliphatic carbocycles. The average Bonchev–Trinajstić information content (AvgIpc) is 2.90. The van der Waals surface area contributed by atoms with Gasteiger partial charge in [0.25, 0.3) is 0 Å². The van der Waals surface area contributed by atoms with Gasteiger partial charge in [0.15, 0.2) is 11.5 Å². The first-order valence-corrected chi connectivity index (χ1v) is 7.75. The lowest BCUT2D eigenvalue weighted by molar-refractivity contribution is 0.271. The number of fused-ring (bicyclic) bond motifs is 1. The third kappa shape index (κ3) is 2.32. The molecule has 0 amide bonds. The molecule has 0 saturated heterocycles. The maximum atomic E-state index is 9.72. The third-order valence-corrected chi connectivity index (χ3v) is 5.31. The van der Waals surface area contributed by atoms with Crippen LogP contribution in [0.3, 0.4) is 0 Å². The molecule has 0 bridgehead atoms. The maximum absolute atomic E-state index is 9.72. The molecule has 0 spiro atoms. The van der Waals surface area contributed by atoms with E-state index in [0.717, 1.165) is 11.8 Å². The minimum absolute atomic E-state index is 0.238. The summed E-state index contributed by atoms with van der Waals surface area (Å²) in [6.45, 7) is 2.19. The second-order valence-corrected chi connectivity index (χ2v) is 6.21. The Kier molecular flexibility index (Phi) is 3.73. The van der Waals surface area contributed by atoms with Gasteiger partial charge >= 0.3 is 0 Å². The highest BCUT2D eigenvalue weighted by Gasteiger charge is 2.36. The summed E-state index contributed by atoms with van der Waals surface area (Å²) in [7, 11) is 1.62. The Bertz CT molecular complexity index is 518. The molecule has 0 aliphatic heterocycles.